The highest BCUT2D eigenvalue weighted by molar-refractivity contribution is 6.02. The number of amides is 3. The van der Waals surface area contributed by atoms with Crippen molar-refractivity contribution < 1.29 is 14.4 Å². The SMILES string of the molecule is CC(C)CN(CC(N)=O)C(=O)c1ccc2c(c1)NC(=O)C2. The van der Waals surface area contributed by atoms with Gasteiger partial charge in [-0.25, -0.2) is 0 Å². The summed E-state index contributed by atoms with van der Waals surface area (Å²) in [4.78, 5) is 36.4. The van der Waals surface area contributed by atoms with Crippen LogP contribution in [0, 0.1) is 5.92 Å². The van der Waals surface area contributed by atoms with Crippen LogP contribution < -0.4 is 11.1 Å². The molecular weight excluding hydrogens is 270 g/mol. The maximum absolute atomic E-state index is 12.5. The van der Waals surface area contributed by atoms with E-state index >= 15 is 0 Å². The molecule has 21 heavy (non-hydrogen) atoms. The number of hydrogen-bond acceptors (Lipinski definition) is 3. The fourth-order valence-corrected chi connectivity index (χ4v) is 2.38. The molecule has 2 rings (SSSR count). The highest BCUT2D eigenvalue weighted by Gasteiger charge is 2.22. The summed E-state index contributed by atoms with van der Waals surface area (Å²) in [5, 5.41) is 2.71. The van der Waals surface area contributed by atoms with E-state index < -0.39 is 5.91 Å². The molecule has 6 nitrogen and oxygen atoms in total. The number of nitrogens with two attached hydrogens (primary N) is 1. The average molecular weight is 289 g/mol. The number of rotatable bonds is 5. The molecule has 3 amide bonds. The Morgan fingerprint density at radius 2 is 2.10 bits per heavy atom. The first-order valence-corrected chi connectivity index (χ1v) is 6.87. The molecule has 1 aromatic rings. The number of anilines is 1. The van der Waals surface area contributed by atoms with Gasteiger partial charge in [0.05, 0.1) is 13.0 Å². The third kappa shape index (κ3) is 3.59. The molecule has 3 N–H and O–H groups in total. The normalized spacial score (nSPS) is 13.0. The number of carbonyl (C=O) groups excluding carboxylic acids is 3. The van der Waals surface area contributed by atoms with Crippen molar-refractivity contribution in [3.63, 3.8) is 0 Å². The van der Waals surface area contributed by atoms with E-state index in [-0.39, 0.29) is 24.3 Å². The van der Waals surface area contributed by atoms with Gasteiger partial charge in [-0.15, -0.1) is 0 Å². The van der Waals surface area contributed by atoms with Gasteiger partial charge in [-0.1, -0.05) is 19.9 Å². The first-order chi connectivity index (χ1) is 9.86. The van der Waals surface area contributed by atoms with Crippen molar-refractivity contribution >= 4 is 23.4 Å². The minimum Gasteiger partial charge on any atom is -0.368 e. The van der Waals surface area contributed by atoms with Crippen LogP contribution in [-0.4, -0.2) is 35.7 Å². The standard InChI is InChI=1S/C15H19N3O3/c1-9(2)7-18(8-13(16)19)15(21)11-4-3-10-6-14(20)17-12(10)5-11/h3-5,9H,6-8H2,1-2H3,(H2,16,19)(H,17,20). The van der Waals surface area contributed by atoms with Crippen molar-refractivity contribution in [2.75, 3.05) is 18.4 Å². The molecule has 1 aromatic carbocycles. The number of carbonyl (C=O) groups is 3. The van der Waals surface area contributed by atoms with Crippen LogP contribution in [0.15, 0.2) is 18.2 Å². The Hall–Kier alpha value is -2.37. The Labute approximate surface area is 123 Å². The van der Waals surface area contributed by atoms with Gasteiger partial charge in [-0.05, 0) is 23.6 Å². The summed E-state index contributed by atoms with van der Waals surface area (Å²) in [5.74, 6) is -0.655. The van der Waals surface area contributed by atoms with E-state index in [1.807, 2.05) is 13.8 Å². The first kappa shape index (κ1) is 15.0. The van der Waals surface area contributed by atoms with Gasteiger partial charge in [0, 0.05) is 17.8 Å². The predicted molar refractivity (Wildman–Crippen MR) is 78.7 cm³/mol. The van der Waals surface area contributed by atoms with E-state index in [0.717, 1.165) is 5.56 Å². The summed E-state index contributed by atoms with van der Waals surface area (Å²) in [6.07, 6.45) is 0.334. The van der Waals surface area contributed by atoms with Crippen LogP contribution in [-0.2, 0) is 16.0 Å². The van der Waals surface area contributed by atoms with Crippen LogP contribution in [0.1, 0.15) is 29.8 Å². The third-order valence-corrected chi connectivity index (χ3v) is 3.20. The van der Waals surface area contributed by atoms with Crippen molar-refractivity contribution in [1.29, 1.82) is 0 Å². The van der Waals surface area contributed by atoms with Gasteiger partial charge < -0.3 is 16.0 Å². The maximum Gasteiger partial charge on any atom is 0.254 e. The lowest BCUT2D eigenvalue weighted by Crippen LogP contribution is -2.40. The highest BCUT2D eigenvalue weighted by atomic mass is 16.2. The summed E-state index contributed by atoms with van der Waals surface area (Å²) >= 11 is 0. The lowest BCUT2D eigenvalue weighted by molar-refractivity contribution is -0.118. The molecule has 1 heterocycles. The second-order valence-corrected chi connectivity index (χ2v) is 5.64. The molecule has 1 aliphatic rings. The van der Waals surface area contributed by atoms with Gasteiger partial charge in [-0.2, -0.15) is 0 Å². The number of primary amides is 1. The Morgan fingerprint density at radius 3 is 2.71 bits per heavy atom. The lowest BCUT2D eigenvalue weighted by Gasteiger charge is -2.23. The van der Waals surface area contributed by atoms with Crippen molar-refractivity contribution in [1.82, 2.24) is 4.90 Å². The molecule has 0 saturated carbocycles. The number of hydrogen-bond donors (Lipinski definition) is 2. The van der Waals surface area contributed by atoms with Crippen LogP contribution in [0.3, 0.4) is 0 Å². The van der Waals surface area contributed by atoms with Gasteiger partial charge in [0.25, 0.3) is 5.91 Å². The Morgan fingerprint density at radius 1 is 1.38 bits per heavy atom. The van der Waals surface area contributed by atoms with Gasteiger partial charge in [0.15, 0.2) is 0 Å². The second kappa shape index (κ2) is 5.95. The van der Waals surface area contributed by atoms with Crippen LogP contribution in [0.4, 0.5) is 5.69 Å². The van der Waals surface area contributed by atoms with Crippen molar-refractivity contribution in [3.05, 3.63) is 29.3 Å². The summed E-state index contributed by atoms with van der Waals surface area (Å²) in [7, 11) is 0. The number of fused-ring (bicyclic) bond motifs is 1. The number of benzene rings is 1. The van der Waals surface area contributed by atoms with Crippen molar-refractivity contribution in [3.8, 4) is 0 Å². The molecule has 0 fully saturated rings. The van der Waals surface area contributed by atoms with Crippen LogP contribution in [0.5, 0.6) is 0 Å². The minimum atomic E-state index is -0.543. The monoisotopic (exact) mass is 289 g/mol. The van der Waals surface area contributed by atoms with Gasteiger partial charge >= 0.3 is 0 Å². The Balaban J connectivity index is 2.22. The van der Waals surface area contributed by atoms with Crippen LogP contribution in [0.25, 0.3) is 0 Å². The molecular formula is C15H19N3O3. The summed E-state index contributed by atoms with van der Waals surface area (Å²) < 4.78 is 0. The Bertz CT molecular complexity index is 596. The topological polar surface area (TPSA) is 92.5 Å². The summed E-state index contributed by atoms with van der Waals surface area (Å²) in [6, 6.07) is 5.09. The van der Waals surface area contributed by atoms with Crippen molar-refractivity contribution in [2.24, 2.45) is 11.7 Å². The smallest absolute Gasteiger partial charge is 0.254 e. The number of nitrogens with zero attached hydrogens (tertiary/aromatic N) is 1. The van der Waals surface area contributed by atoms with E-state index in [9.17, 15) is 14.4 Å². The first-order valence-electron chi connectivity index (χ1n) is 6.87. The largest absolute Gasteiger partial charge is 0.368 e. The molecule has 0 saturated heterocycles. The zero-order valence-corrected chi connectivity index (χ0v) is 12.2. The fraction of sp³-hybridized carbons (Fsp3) is 0.400. The Kier molecular flexibility index (Phi) is 4.26. The van der Waals surface area contributed by atoms with E-state index in [4.69, 9.17) is 5.73 Å². The van der Waals surface area contributed by atoms with E-state index in [1.165, 1.54) is 4.90 Å². The van der Waals surface area contributed by atoms with Gasteiger partial charge in [0.2, 0.25) is 11.8 Å². The van der Waals surface area contributed by atoms with Gasteiger partial charge in [0.1, 0.15) is 0 Å². The van der Waals surface area contributed by atoms with E-state index in [0.29, 0.717) is 24.2 Å². The van der Waals surface area contributed by atoms with Crippen LogP contribution in [0.2, 0.25) is 0 Å². The van der Waals surface area contributed by atoms with Crippen molar-refractivity contribution in [2.45, 2.75) is 20.3 Å². The quantitative estimate of drug-likeness (QED) is 0.838. The lowest BCUT2D eigenvalue weighted by atomic mass is 10.1. The third-order valence-electron chi connectivity index (χ3n) is 3.20. The zero-order chi connectivity index (χ0) is 15.6. The molecule has 0 bridgehead atoms. The molecule has 0 atom stereocenters. The highest BCUT2D eigenvalue weighted by Crippen LogP contribution is 2.24. The van der Waals surface area contributed by atoms with E-state index in [2.05, 4.69) is 5.32 Å². The molecule has 0 aliphatic carbocycles. The average Bonchev–Trinajstić information content (AvgIpc) is 2.74. The fourth-order valence-electron chi connectivity index (χ4n) is 2.38. The minimum absolute atomic E-state index is 0.0780. The predicted octanol–water partition coefficient (Wildman–Crippen LogP) is 0.765. The maximum atomic E-state index is 12.5. The molecule has 0 radical (unpaired) electrons. The van der Waals surface area contributed by atoms with Gasteiger partial charge in [-0.3, -0.25) is 14.4 Å². The molecule has 6 heteroatoms. The molecule has 112 valence electrons. The molecule has 0 unspecified atom stereocenters. The summed E-state index contributed by atoms with van der Waals surface area (Å²) in [5.41, 5.74) is 7.18. The second-order valence-electron chi connectivity index (χ2n) is 5.64. The molecule has 0 spiro atoms. The van der Waals surface area contributed by atoms with Crippen LogP contribution >= 0.6 is 0 Å². The number of nitrogens with one attached hydrogen (secondary N) is 1. The molecule has 1 aliphatic heterocycles. The summed E-state index contributed by atoms with van der Waals surface area (Å²) in [6.45, 7) is 4.26. The zero-order valence-electron chi connectivity index (χ0n) is 12.2. The van der Waals surface area contributed by atoms with E-state index in [1.54, 1.807) is 18.2 Å². The molecule has 0 aromatic heterocycles.